The van der Waals surface area contributed by atoms with Gasteiger partial charge in [-0.15, -0.1) is 0 Å². The van der Waals surface area contributed by atoms with Gasteiger partial charge in [-0.2, -0.15) is 0 Å². The highest BCUT2D eigenvalue weighted by Crippen LogP contribution is 2.32. The molecule has 1 fully saturated rings. The van der Waals surface area contributed by atoms with Gasteiger partial charge in [0, 0.05) is 36.8 Å². The quantitative estimate of drug-likeness (QED) is 0.517. The van der Waals surface area contributed by atoms with Crippen molar-refractivity contribution in [3.05, 3.63) is 72.7 Å². The highest BCUT2D eigenvalue weighted by atomic mass is 19.3. The molecule has 1 aromatic carbocycles. The fourth-order valence-electron chi connectivity index (χ4n) is 3.64. The van der Waals surface area contributed by atoms with Gasteiger partial charge >= 0.3 is 0 Å². The number of rotatable bonds is 3. The zero-order valence-electron chi connectivity index (χ0n) is 15.9. The Balaban J connectivity index is 1.38. The van der Waals surface area contributed by atoms with Gasteiger partial charge in [0.05, 0.1) is 12.1 Å². The molecule has 4 heterocycles. The minimum atomic E-state index is -3.07. The molecular formula is C22H18F2N4O2. The molecule has 1 unspecified atom stereocenters. The fourth-order valence-corrected chi connectivity index (χ4v) is 3.64. The zero-order valence-corrected chi connectivity index (χ0v) is 15.9. The molecule has 6 nitrogen and oxygen atoms in total. The summed E-state index contributed by atoms with van der Waals surface area (Å²) in [6, 6.07) is 16.1. The van der Waals surface area contributed by atoms with E-state index in [0.717, 1.165) is 5.39 Å². The van der Waals surface area contributed by atoms with Crippen LogP contribution in [-0.4, -0.2) is 50.3 Å². The second-order valence-corrected chi connectivity index (χ2v) is 7.30. The summed E-state index contributed by atoms with van der Waals surface area (Å²) in [6.45, 7) is -0.307. The first kappa shape index (κ1) is 18.5. The number of likely N-dealkylation sites (tertiary alicyclic amines) is 1. The maximum absolute atomic E-state index is 14.6. The Labute approximate surface area is 170 Å². The first-order chi connectivity index (χ1) is 14.5. The number of fused-ring (bicyclic) bond motifs is 2. The predicted octanol–water partition coefficient (Wildman–Crippen LogP) is 3.81. The molecule has 0 N–H and O–H groups in total. The number of carbonyl (C=O) groups is 1. The van der Waals surface area contributed by atoms with Crippen molar-refractivity contribution in [2.24, 2.45) is 0 Å². The molecule has 3 aromatic heterocycles. The van der Waals surface area contributed by atoms with Gasteiger partial charge in [-0.1, -0.05) is 24.3 Å². The Bertz CT molecular complexity index is 1210. The Morgan fingerprint density at radius 1 is 1.07 bits per heavy atom. The van der Waals surface area contributed by atoms with Crippen LogP contribution in [0.1, 0.15) is 16.9 Å². The van der Waals surface area contributed by atoms with Crippen LogP contribution in [0.4, 0.5) is 8.78 Å². The van der Waals surface area contributed by atoms with E-state index in [0.29, 0.717) is 11.2 Å². The second-order valence-electron chi connectivity index (χ2n) is 7.30. The van der Waals surface area contributed by atoms with Crippen LogP contribution >= 0.6 is 0 Å². The smallest absolute Gasteiger partial charge is 0.287 e. The van der Waals surface area contributed by atoms with Crippen molar-refractivity contribution in [3.63, 3.8) is 0 Å². The van der Waals surface area contributed by atoms with E-state index in [1.54, 1.807) is 41.1 Å². The fraction of sp³-hybridized carbons (Fsp3) is 0.227. The lowest BCUT2D eigenvalue weighted by atomic mass is 10.0. The minimum absolute atomic E-state index is 0.0648. The predicted molar refractivity (Wildman–Crippen MR) is 107 cm³/mol. The van der Waals surface area contributed by atoms with E-state index in [1.165, 1.54) is 4.90 Å². The van der Waals surface area contributed by atoms with Gasteiger partial charge in [-0.25, -0.2) is 18.7 Å². The van der Waals surface area contributed by atoms with E-state index in [1.807, 2.05) is 30.3 Å². The molecule has 5 rings (SSSR count). The standard InChI is InChI=1S/C22H18F2N4O2/c23-22(24)10-12-28(21(29)17-13-27-11-4-3-7-19(27)25-17)14-18(22)30-20-9-8-15-5-1-2-6-16(15)26-20/h1-9,11,13,18H,10,12,14H2. The molecule has 0 aliphatic carbocycles. The molecule has 30 heavy (non-hydrogen) atoms. The Hall–Kier alpha value is -3.55. The normalized spacial score (nSPS) is 18.6. The molecule has 8 heteroatoms. The van der Waals surface area contributed by atoms with Crippen LogP contribution in [0.5, 0.6) is 5.88 Å². The van der Waals surface area contributed by atoms with Crippen molar-refractivity contribution in [3.8, 4) is 5.88 Å². The molecule has 0 saturated carbocycles. The third kappa shape index (κ3) is 3.34. The number of ether oxygens (including phenoxy) is 1. The molecule has 0 radical (unpaired) electrons. The highest BCUT2D eigenvalue weighted by Gasteiger charge is 2.47. The van der Waals surface area contributed by atoms with Crippen LogP contribution in [0.3, 0.4) is 0 Å². The summed E-state index contributed by atoms with van der Waals surface area (Å²) in [7, 11) is 0. The van der Waals surface area contributed by atoms with Crippen LogP contribution < -0.4 is 4.74 Å². The maximum atomic E-state index is 14.6. The Morgan fingerprint density at radius 3 is 2.77 bits per heavy atom. The molecule has 4 aromatic rings. The molecule has 0 bridgehead atoms. The van der Waals surface area contributed by atoms with Gasteiger partial charge < -0.3 is 14.0 Å². The summed E-state index contributed by atoms with van der Waals surface area (Å²) in [5, 5.41) is 0.893. The molecule has 1 amide bonds. The summed E-state index contributed by atoms with van der Waals surface area (Å²) >= 11 is 0. The van der Waals surface area contributed by atoms with E-state index in [-0.39, 0.29) is 24.7 Å². The lowest BCUT2D eigenvalue weighted by Crippen LogP contribution is -2.55. The van der Waals surface area contributed by atoms with Gasteiger partial charge in [-0.3, -0.25) is 4.79 Å². The minimum Gasteiger partial charge on any atom is -0.466 e. The van der Waals surface area contributed by atoms with Crippen molar-refractivity contribution < 1.29 is 18.3 Å². The number of hydrogen-bond acceptors (Lipinski definition) is 4. The first-order valence-electron chi connectivity index (χ1n) is 9.63. The number of aromatic nitrogens is 3. The highest BCUT2D eigenvalue weighted by molar-refractivity contribution is 5.93. The summed E-state index contributed by atoms with van der Waals surface area (Å²) in [4.78, 5) is 22.9. The van der Waals surface area contributed by atoms with Crippen molar-refractivity contribution >= 4 is 22.5 Å². The molecule has 1 aliphatic heterocycles. The van der Waals surface area contributed by atoms with Gasteiger partial charge in [0.1, 0.15) is 11.3 Å². The van der Waals surface area contributed by atoms with Gasteiger partial charge in [0.15, 0.2) is 6.10 Å². The largest absolute Gasteiger partial charge is 0.466 e. The number of hydrogen-bond donors (Lipinski definition) is 0. The van der Waals surface area contributed by atoms with Gasteiger partial charge in [0.2, 0.25) is 5.88 Å². The maximum Gasteiger partial charge on any atom is 0.287 e. The number of imidazole rings is 1. The topological polar surface area (TPSA) is 59.7 Å². The number of nitrogens with zero attached hydrogens (tertiary/aromatic N) is 4. The Morgan fingerprint density at radius 2 is 1.90 bits per heavy atom. The van der Waals surface area contributed by atoms with E-state index in [2.05, 4.69) is 9.97 Å². The SMILES string of the molecule is O=C(c1cn2ccccc2n1)N1CCC(F)(F)C(Oc2ccc3ccccc3n2)C1. The molecule has 1 saturated heterocycles. The summed E-state index contributed by atoms with van der Waals surface area (Å²) in [5.41, 5.74) is 1.50. The van der Waals surface area contributed by atoms with Gasteiger partial charge in [0.25, 0.3) is 11.8 Å². The van der Waals surface area contributed by atoms with E-state index in [4.69, 9.17) is 4.74 Å². The number of halogens is 2. The number of benzene rings is 1. The zero-order chi connectivity index (χ0) is 20.7. The average molecular weight is 408 g/mol. The number of para-hydroxylation sites is 1. The lowest BCUT2D eigenvalue weighted by molar-refractivity contribution is -0.131. The molecule has 0 spiro atoms. The van der Waals surface area contributed by atoms with Crippen LogP contribution in [-0.2, 0) is 0 Å². The van der Waals surface area contributed by atoms with E-state index in [9.17, 15) is 13.6 Å². The van der Waals surface area contributed by atoms with Crippen molar-refractivity contribution in [1.82, 2.24) is 19.3 Å². The van der Waals surface area contributed by atoms with E-state index >= 15 is 0 Å². The van der Waals surface area contributed by atoms with Crippen LogP contribution in [0.2, 0.25) is 0 Å². The number of amides is 1. The molecular weight excluding hydrogens is 390 g/mol. The van der Waals surface area contributed by atoms with Gasteiger partial charge in [-0.05, 0) is 24.3 Å². The van der Waals surface area contributed by atoms with Crippen LogP contribution in [0.15, 0.2) is 67.0 Å². The average Bonchev–Trinajstić information content (AvgIpc) is 3.19. The lowest BCUT2D eigenvalue weighted by Gasteiger charge is -2.37. The first-order valence-corrected chi connectivity index (χ1v) is 9.63. The van der Waals surface area contributed by atoms with Crippen LogP contribution in [0, 0.1) is 0 Å². The summed E-state index contributed by atoms with van der Waals surface area (Å²) in [5.74, 6) is -3.35. The van der Waals surface area contributed by atoms with E-state index < -0.39 is 24.4 Å². The third-order valence-electron chi connectivity index (χ3n) is 5.28. The van der Waals surface area contributed by atoms with Crippen molar-refractivity contribution in [2.75, 3.05) is 13.1 Å². The van der Waals surface area contributed by atoms with Crippen LogP contribution in [0.25, 0.3) is 16.6 Å². The number of alkyl halides is 2. The number of pyridine rings is 2. The summed E-state index contributed by atoms with van der Waals surface area (Å²) < 4.78 is 36.4. The number of piperidine rings is 1. The number of carbonyl (C=O) groups excluding carboxylic acids is 1. The van der Waals surface area contributed by atoms with Crippen molar-refractivity contribution in [2.45, 2.75) is 18.4 Å². The Kier molecular flexibility index (Phi) is 4.34. The molecule has 152 valence electrons. The molecule has 1 atom stereocenters. The monoisotopic (exact) mass is 408 g/mol. The third-order valence-corrected chi connectivity index (χ3v) is 5.28. The van der Waals surface area contributed by atoms with Crippen molar-refractivity contribution in [1.29, 1.82) is 0 Å². The molecule has 1 aliphatic rings. The second kappa shape index (κ2) is 7.05. The summed E-state index contributed by atoms with van der Waals surface area (Å²) in [6.07, 6.45) is 1.41.